The lowest BCUT2D eigenvalue weighted by Crippen LogP contribution is -2.58. The summed E-state index contributed by atoms with van der Waals surface area (Å²) in [6.07, 6.45) is 1.56. The second-order valence-corrected chi connectivity index (χ2v) is 6.02. The lowest BCUT2D eigenvalue weighted by Gasteiger charge is -2.36. The summed E-state index contributed by atoms with van der Waals surface area (Å²) in [5, 5.41) is 2.78. The van der Waals surface area contributed by atoms with Gasteiger partial charge in [0.05, 0.1) is 6.04 Å². The molecular formula is C15H19BrN2O2. The second kappa shape index (κ2) is 6.39. The predicted molar refractivity (Wildman–Crippen MR) is 81.1 cm³/mol. The zero-order valence-corrected chi connectivity index (χ0v) is 13.3. The Morgan fingerprint density at radius 1 is 1.45 bits per heavy atom. The third-order valence-electron chi connectivity index (χ3n) is 3.61. The minimum atomic E-state index is -0.379. The summed E-state index contributed by atoms with van der Waals surface area (Å²) in [6, 6.07) is 7.36. The van der Waals surface area contributed by atoms with Crippen LogP contribution in [0.5, 0.6) is 0 Å². The van der Waals surface area contributed by atoms with Crippen molar-refractivity contribution in [1.82, 2.24) is 10.2 Å². The van der Waals surface area contributed by atoms with E-state index in [0.717, 1.165) is 16.5 Å². The Bertz CT molecular complexity index is 518. The van der Waals surface area contributed by atoms with Crippen molar-refractivity contribution in [2.24, 2.45) is 0 Å². The average Bonchev–Trinajstić information content (AvgIpc) is 2.42. The van der Waals surface area contributed by atoms with Crippen LogP contribution in [0.25, 0.3) is 0 Å². The lowest BCUT2D eigenvalue weighted by atomic mass is 10.0. The van der Waals surface area contributed by atoms with Gasteiger partial charge in [0.1, 0.15) is 12.6 Å². The third-order valence-corrected chi connectivity index (χ3v) is 4.10. The molecule has 4 nitrogen and oxygen atoms in total. The zero-order valence-electron chi connectivity index (χ0n) is 11.7. The van der Waals surface area contributed by atoms with Gasteiger partial charge >= 0.3 is 0 Å². The van der Waals surface area contributed by atoms with Gasteiger partial charge in [0, 0.05) is 4.47 Å². The number of hydrogen-bond donors (Lipinski definition) is 1. The van der Waals surface area contributed by atoms with E-state index in [0.29, 0.717) is 6.42 Å². The Morgan fingerprint density at radius 2 is 2.20 bits per heavy atom. The standard InChI is InChI=1S/C15H19BrN2O2/c1-3-5-13-15(20)18(9-14(19)17-13)10(2)11-6-4-7-12(16)8-11/h4,6-8,10,13H,3,5,9H2,1-2H3,(H,17,19). The third kappa shape index (κ3) is 3.20. The number of amides is 2. The molecular weight excluding hydrogens is 320 g/mol. The van der Waals surface area contributed by atoms with Gasteiger partial charge in [-0.1, -0.05) is 41.4 Å². The summed E-state index contributed by atoms with van der Waals surface area (Å²) in [7, 11) is 0. The highest BCUT2D eigenvalue weighted by molar-refractivity contribution is 9.10. The number of carbonyl (C=O) groups excluding carboxylic acids is 2. The molecule has 1 aliphatic heterocycles. The van der Waals surface area contributed by atoms with Crippen molar-refractivity contribution in [2.45, 2.75) is 38.8 Å². The molecule has 0 aromatic heterocycles. The van der Waals surface area contributed by atoms with E-state index in [1.54, 1.807) is 4.90 Å². The molecule has 108 valence electrons. The van der Waals surface area contributed by atoms with Gasteiger partial charge < -0.3 is 10.2 Å². The van der Waals surface area contributed by atoms with Gasteiger partial charge in [-0.3, -0.25) is 9.59 Å². The second-order valence-electron chi connectivity index (χ2n) is 5.11. The average molecular weight is 339 g/mol. The summed E-state index contributed by atoms with van der Waals surface area (Å²) in [4.78, 5) is 25.9. The van der Waals surface area contributed by atoms with Crippen LogP contribution in [0.4, 0.5) is 0 Å². The maximum atomic E-state index is 12.5. The summed E-state index contributed by atoms with van der Waals surface area (Å²) in [5.74, 6) is -0.0659. The quantitative estimate of drug-likeness (QED) is 0.917. The van der Waals surface area contributed by atoms with Crippen LogP contribution in [0.1, 0.15) is 38.3 Å². The first-order valence-corrected chi connectivity index (χ1v) is 7.67. The molecule has 0 aliphatic carbocycles. The molecule has 0 radical (unpaired) electrons. The first-order valence-electron chi connectivity index (χ1n) is 6.88. The van der Waals surface area contributed by atoms with Crippen LogP contribution in [0, 0.1) is 0 Å². The van der Waals surface area contributed by atoms with E-state index < -0.39 is 0 Å². The molecule has 2 unspecified atom stereocenters. The van der Waals surface area contributed by atoms with E-state index in [4.69, 9.17) is 0 Å². The molecule has 5 heteroatoms. The number of hydrogen-bond acceptors (Lipinski definition) is 2. The molecule has 1 aliphatic rings. The van der Waals surface area contributed by atoms with E-state index in [2.05, 4.69) is 21.2 Å². The van der Waals surface area contributed by atoms with Gasteiger partial charge in [0.15, 0.2) is 0 Å². The Kier molecular flexibility index (Phi) is 4.81. The number of rotatable bonds is 4. The van der Waals surface area contributed by atoms with Gasteiger partial charge in [-0.05, 0) is 31.0 Å². The number of nitrogens with zero attached hydrogens (tertiary/aromatic N) is 1. The molecule has 2 amide bonds. The Labute approximate surface area is 127 Å². The number of nitrogens with one attached hydrogen (secondary N) is 1. The van der Waals surface area contributed by atoms with Crippen LogP contribution in [-0.4, -0.2) is 29.3 Å². The van der Waals surface area contributed by atoms with Crippen LogP contribution in [-0.2, 0) is 9.59 Å². The van der Waals surface area contributed by atoms with E-state index in [-0.39, 0.29) is 30.4 Å². The normalized spacial score (nSPS) is 20.8. The maximum absolute atomic E-state index is 12.5. The fourth-order valence-corrected chi connectivity index (χ4v) is 2.91. The molecule has 0 spiro atoms. The highest BCUT2D eigenvalue weighted by atomic mass is 79.9. The van der Waals surface area contributed by atoms with Crippen LogP contribution in [0.3, 0.4) is 0 Å². The summed E-state index contributed by atoms with van der Waals surface area (Å²) < 4.78 is 0.973. The fourth-order valence-electron chi connectivity index (χ4n) is 2.49. The maximum Gasteiger partial charge on any atom is 0.246 e. The Balaban J connectivity index is 2.21. The van der Waals surface area contributed by atoms with Crippen molar-refractivity contribution < 1.29 is 9.59 Å². The molecule has 1 aromatic carbocycles. The van der Waals surface area contributed by atoms with Gasteiger partial charge in [-0.15, -0.1) is 0 Å². The molecule has 1 aromatic rings. The van der Waals surface area contributed by atoms with Crippen molar-refractivity contribution in [3.05, 3.63) is 34.3 Å². The summed E-state index contributed by atoms with van der Waals surface area (Å²) in [5.41, 5.74) is 1.03. The van der Waals surface area contributed by atoms with Crippen LogP contribution >= 0.6 is 15.9 Å². The topological polar surface area (TPSA) is 49.4 Å². The number of benzene rings is 1. The van der Waals surface area contributed by atoms with Crippen molar-refractivity contribution in [3.8, 4) is 0 Å². The highest BCUT2D eigenvalue weighted by Crippen LogP contribution is 2.25. The van der Waals surface area contributed by atoms with Crippen molar-refractivity contribution in [2.75, 3.05) is 6.54 Å². The Morgan fingerprint density at radius 3 is 2.85 bits per heavy atom. The number of piperazine rings is 1. The van der Waals surface area contributed by atoms with Crippen molar-refractivity contribution >= 4 is 27.7 Å². The molecule has 1 saturated heterocycles. The van der Waals surface area contributed by atoms with Crippen LogP contribution < -0.4 is 5.32 Å². The minimum absolute atomic E-state index is 0.0129. The lowest BCUT2D eigenvalue weighted by molar-refractivity contribution is -0.146. The van der Waals surface area contributed by atoms with Crippen molar-refractivity contribution in [3.63, 3.8) is 0 Å². The predicted octanol–water partition coefficient (Wildman–Crippen LogP) is 2.64. The van der Waals surface area contributed by atoms with Gasteiger partial charge in [0.25, 0.3) is 0 Å². The van der Waals surface area contributed by atoms with Crippen LogP contribution in [0.15, 0.2) is 28.7 Å². The largest absolute Gasteiger partial charge is 0.343 e. The molecule has 1 fully saturated rings. The van der Waals surface area contributed by atoms with E-state index >= 15 is 0 Å². The fraction of sp³-hybridized carbons (Fsp3) is 0.467. The smallest absolute Gasteiger partial charge is 0.246 e. The molecule has 20 heavy (non-hydrogen) atoms. The van der Waals surface area contributed by atoms with Gasteiger partial charge in [-0.25, -0.2) is 0 Å². The summed E-state index contributed by atoms with van der Waals surface area (Å²) in [6.45, 7) is 4.10. The number of halogens is 1. The van der Waals surface area contributed by atoms with E-state index in [1.807, 2.05) is 38.1 Å². The Hall–Kier alpha value is -1.36. The van der Waals surface area contributed by atoms with E-state index in [1.165, 1.54) is 0 Å². The summed E-state index contributed by atoms with van der Waals surface area (Å²) >= 11 is 3.44. The first kappa shape index (κ1) is 15.0. The monoisotopic (exact) mass is 338 g/mol. The molecule has 2 atom stereocenters. The van der Waals surface area contributed by atoms with E-state index in [9.17, 15) is 9.59 Å². The highest BCUT2D eigenvalue weighted by Gasteiger charge is 2.34. The van der Waals surface area contributed by atoms with Gasteiger partial charge in [-0.2, -0.15) is 0 Å². The van der Waals surface area contributed by atoms with Crippen LogP contribution in [0.2, 0.25) is 0 Å². The van der Waals surface area contributed by atoms with Gasteiger partial charge in [0.2, 0.25) is 11.8 Å². The molecule has 1 N–H and O–H groups in total. The minimum Gasteiger partial charge on any atom is -0.343 e. The first-order chi connectivity index (χ1) is 9.52. The SMILES string of the molecule is CCCC1NC(=O)CN(C(C)c2cccc(Br)c2)C1=O. The molecule has 1 heterocycles. The molecule has 2 rings (SSSR count). The molecule has 0 bridgehead atoms. The zero-order chi connectivity index (χ0) is 14.7. The number of carbonyl (C=O) groups is 2. The molecule has 0 saturated carbocycles. The van der Waals surface area contributed by atoms with Crippen molar-refractivity contribution in [1.29, 1.82) is 0 Å².